The fourth-order valence-electron chi connectivity index (χ4n) is 3.63. The molecule has 4 heteroatoms. The van der Waals surface area contributed by atoms with E-state index in [0.717, 1.165) is 45.2 Å². The highest BCUT2D eigenvalue weighted by Gasteiger charge is 2.38. The van der Waals surface area contributed by atoms with Gasteiger partial charge in [0.2, 0.25) is 5.91 Å². The Hall–Kier alpha value is -0.610. The van der Waals surface area contributed by atoms with Gasteiger partial charge in [-0.2, -0.15) is 0 Å². The summed E-state index contributed by atoms with van der Waals surface area (Å²) in [6.45, 7) is 6.64. The minimum Gasteiger partial charge on any atom is -0.388 e. The van der Waals surface area contributed by atoms with Gasteiger partial charge in [-0.1, -0.05) is 26.2 Å². The number of nitrogens with one attached hydrogen (secondary N) is 1. The Kier molecular flexibility index (Phi) is 6.06. The van der Waals surface area contributed by atoms with Crippen LogP contribution in [0.3, 0.4) is 0 Å². The third kappa shape index (κ3) is 4.68. The van der Waals surface area contributed by atoms with Crippen LogP contribution in [0.25, 0.3) is 0 Å². The summed E-state index contributed by atoms with van der Waals surface area (Å²) in [6, 6.07) is 0.137. The summed E-state index contributed by atoms with van der Waals surface area (Å²) >= 11 is 0. The van der Waals surface area contributed by atoms with Gasteiger partial charge >= 0.3 is 0 Å². The lowest BCUT2D eigenvalue weighted by molar-refractivity contribution is -0.131. The highest BCUT2D eigenvalue weighted by molar-refractivity contribution is 5.76. The number of aliphatic hydroxyl groups is 1. The van der Waals surface area contributed by atoms with Crippen LogP contribution in [-0.2, 0) is 4.79 Å². The molecule has 1 amide bonds. The molecule has 2 fully saturated rings. The Balaban J connectivity index is 1.73. The van der Waals surface area contributed by atoms with Gasteiger partial charge in [-0.3, -0.25) is 4.79 Å². The van der Waals surface area contributed by atoms with E-state index in [1.807, 2.05) is 4.90 Å². The Morgan fingerprint density at radius 3 is 2.52 bits per heavy atom. The Bertz CT molecular complexity index is 340. The standard InChI is InChI=1S/C17H32N2O2/c1-14-8-7-9-17(14,21)13-18-15(2)12-16(20)19-10-5-3-4-6-11-19/h14-15,18,21H,3-13H2,1-2H3. The number of rotatable bonds is 5. The van der Waals surface area contributed by atoms with E-state index in [0.29, 0.717) is 18.9 Å². The lowest BCUT2D eigenvalue weighted by Crippen LogP contribution is -2.46. The molecule has 21 heavy (non-hydrogen) atoms. The minimum absolute atomic E-state index is 0.137. The summed E-state index contributed by atoms with van der Waals surface area (Å²) in [4.78, 5) is 14.4. The topological polar surface area (TPSA) is 52.6 Å². The van der Waals surface area contributed by atoms with Gasteiger partial charge in [0, 0.05) is 32.1 Å². The molecule has 0 bridgehead atoms. The molecular formula is C17H32N2O2. The summed E-state index contributed by atoms with van der Waals surface area (Å²) in [6.07, 6.45) is 8.44. The molecule has 2 aliphatic rings. The number of hydrogen-bond donors (Lipinski definition) is 2. The van der Waals surface area contributed by atoms with Gasteiger partial charge in [-0.15, -0.1) is 0 Å². The fraction of sp³-hybridized carbons (Fsp3) is 0.941. The monoisotopic (exact) mass is 296 g/mol. The van der Waals surface area contributed by atoms with Crippen molar-refractivity contribution in [2.24, 2.45) is 5.92 Å². The number of carbonyl (C=O) groups is 1. The van der Waals surface area contributed by atoms with Crippen molar-refractivity contribution in [1.29, 1.82) is 0 Å². The van der Waals surface area contributed by atoms with Gasteiger partial charge in [0.1, 0.15) is 0 Å². The number of hydrogen-bond acceptors (Lipinski definition) is 3. The first kappa shape index (κ1) is 16.8. The average Bonchev–Trinajstić information content (AvgIpc) is 2.69. The zero-order valence-electron chi connectivity index (χ0n) is 13.7. The van der Waals surface area contributed by atoms with Crippen LogP contribution in [0.15, 0.2) is 0 Å². The molecule has 1 heterocycles. The number of carbonyl (C=O) groups excluding carboxylic acids is 1. The summed E-state index contributed by atoms with van der Waals surface area (Å²) in [7, 11) is 0. The van der Waals surface area contributed by atoms with Crippen LogP contribution in [0, 0.1) is 5.92 Å². The average molecular weight is 296 g/mol. The molecule has 0 spiro atoms. The molecule has 4 nitrogen and oxygen atoms in total. The maximum absolute atomic E-state index is 12.3. The van der Waals surface area contributed by atoms with Gasteiger partial charge in [-0.05, 0) is 38.5 Å². The third-order valence-corrected chi connectivity index (χ3v) is 5.36. The normalized spacial score (nSPS) is 32.0. The molecule has 0 aromatic carbocycles. The van der Waals surface area contributed by atoms with Crippen molar-refractivity contribution in [1.82, 2.24) is 10.2 Å². The number of amides is 1. The second-order valence-corrected chi connectivity index (χ2v) is 7.18. The van der Waals surface area contributed by atoms with Crippen LogP contribution in [0.2, 0.25) is 0 Å². The largest absolute Gasteiger partial charge is 0.388 e. The molecule has 0 radical (unpaired) electrons. The summed E-state index contributed by atoms with van der Waals surface area (Å²) < 4.78 is 0. The number of likely N-dealkylation sites (tertiary alicyclic amines) is 1. The van der Waals surface area contributed by atoms with E-state index in [2.05, 4.69) is 19.2 Å². The second kappa shape index (κ2) is 7.59. The molecule has 0 aromatic heterocycles. The summed E-state index contributed by atoms with van der Waals surface area (Å²) in [5.74, 6) is 0.627. The molecule has 1 saturated heterocycles. The fourth-order valence-corrected chi connectivity index (χ4v) is 3.63. The van der Waals surface area contributed by atoms with Gasteiger partial charge in [0.25, 0.3) is 0 Å². The first-order valence-electron chi connectivity index (χ1n) is 8.75. The Morgan fingerprint density at radius 2 is 1.95 bits per heavy atom. The van der Waals surface area contributed by atoms with E-state index in [-0.39, 0.29) is 11.9 Å². The predicted molar refractivity (Wildman–Crippen MR) is 85.1 cm³/mol. The van der Waals surface area contributed by atoms with E-state index < -0.39 is 5.60 Å². The van der Waals surface area contributed by atoms with Crippen LogP contribution in [0.5, 0.6) is 0 Å². The zero-order chi connectivity index (χ0) is 15.3. The first-order chi connectivity index (χ1) is 10.0. The lowest BCUT2D eigenvalue weighted by atomic mass is 9.92. The van der Waals surface area contributed by atoms with E-state index in [9.17, 15) is 9.90 Å². The van der Waals surface area contributed by atoms with Crippen LogP contribution < -0.4 is 5.32 Å². The van der Waals surface area contributed by atoms with Crippen molar-refractivity contribution in [3.8, 4) is 0 Å². The molecular weight excluding hydrogens is 264 g/mol. The summed E-state index contributed by atoms with van der Waals surface area (Å²) in [5, 5.41) is 14.0. The molecule has 1 aliphatic heterocycles. The van der Waals surface area contributed by atoms with E-state index >= 15 is 0 Å². The van der Waals surface area contributed by atoms with Gasteiger partial charge in [-0.25, -0.2) is 0 Å². The van der Waals surface area contributed by atoms with Gasteiger partial charge in [0.15, 0.2) is 0 Å². The van der Waals surface area contributed by atoms with Crippen molar-refractivity contribution >= 4 is 5.91 Å². The maximum Gasteiger partial charge on any atom is 0.224 e. The minimum atomic E-state index is -0.570. The molecule has 2 N–H and O–H groups in total. The molecule has 1 aliphatic carbocycles. The zero-order valence-corrected chi connectivity index (χ0v) is 13.7. The quantitative estimate of drug-likeness (QED) is 0.818. The maximum atomic E-state index is 12.3. The van der Waals surface area contributed by atoms with Crippen molar-refractivity contribution < 1.29 is 9.90 Å². The SMILES string of the molecule is CC(CC(=O)N1CCCCCC1)NCC1(O)CCCC1C. The van der Waals surface area contributed by atoms with Gasteiger partial charge in [0.05, 0.1) is 5.60 Å². The molecule has 1 saturated carbocycles. The van der Waals surface area contributed by atoms with Crippen LogP contribution >= 0.6 is 0 Å². The van der Waals surface area contributed by atoms with Crippen LogP contribution in [0.1, 0.15) is 65.2 Å². The van der Waals surface area contributed by atoms with Crippen LogP contribution in [0.4, 0.5) is 0 Å². The molecule has 0 aromatic rings. The molecule has 2 rings (SSSR count). The van der Waals surface area contributed by atoms with Crippen molar-refractivity contribution in [3.05, 3.63) is 0 Å². The second-order valence-electron chi connectivity index (χ2n) is 7.18. The smallest absolute Gasteiger partial charge is 0.224 e. The van der Waals surface area contributed by atoms with Crippen molar-refractivity contribution in [2.75, 3.05) is 19.6 Å². The third-order valence-electron chi connectivity index (χ3n) is 5.36. The lowest BCUT2D eigenvalue weighted by Gasteiger charge is -2.30. The molecule has 3 unspecified atom stereocenters. The first-order valence-corrected chi connectivity index (χ1v) is 8.75. The molecule has 122 valence electrons. The summed E-state index contributed by atoms with van der Waals surface area (Å²) in [5.41, 5.74) is -0.570. The van der Waals surface area contributed by atoms with Crippen molar-refractivity contribution in [3.63, 3.8) is 0 Å². The molecule has 3 atom stereocenters. The Morgan fingerprint density at radius 1 is 1.29 bits per heavy atom. The van der Waals surface area contributed by atoms with E-state index in [4.69, 9.17) is 0 Å². The Labute approximate surface area is 129 Å². The van der Waals surface area contributed by atoms with E-state index in [1.165, 1.54) is 12.8 Å². The number of nitrogens with zero attached hydrogens (tertiary/aromatic N) is 1. The van der Waals surface area contributed by atoms with Crippen LogP contribution in [-0.4, -0.2) is 47.2 Å². The van der Waals surface area contributed by atoms with Gasteiger partial charge < -0.3 is 15.3 Å². The van der Waals surface area contributed by atoms with Crippen molar-refractivity contribution in [2.45, 2.75) is 76.9 Å². The highest BCUT2D eigenvalue weighted by atomic mass is 16.3. The highest BCUT2D eigenvalue weighted by Crippen LogP contribution is 2.34. The predicted octanol–water partition coefficient (Wildman–Crippen LogP) is 2.31. The van der Waals surface area contributed by atoms with E-state index in [1.54, 1.807) is 0 Å².